The van der Waals surface area contributed by atoms with Gasteiger partial charge in [0.05, 0.1) is 7.11 Å². The highest BCUT2D eigenvalue weighted by molar-refractivity contribution is 6.67. The van der Waals surface area contributed by atoms with Crippen molar-refractivity contribution < 1.29 is 9.53 Å². The zero-order chi connectivity index (χ0) is 16.5. The number of rotatable bonds is 9. The maximum atomic E-state index is 11.3. The minimum atomic E-state index is -0.437. The lowest BCUT2D eigenvalue weighted by molar-refractivity contribution is 0.108. The number of benzene rings is 2. The summed E-state index contributed by atoms with van der Waals surface area (Å²) in [5, 5.41) is -0.437. The summed E-state index contributed by atoms with van der Waals surface area (Å²) in [6.07, 6.45) is 6.82. The van der Waals surface area contributed by atoms with Gasteiger partial charge >= 0.3 is 0 Å². The zero-order valence-electron chi connectivity index (χ0n) is 13.6. The van der Waals surface area contributed by atoms with Crippen LogP contribution in [0.5, 0.6) is 5.75 Å². The molecule has 0 fully saturated rings. The van der Waals surface area contributed by atoms with Gasteiger partial charge in [0.15, 0.2) is 0 Å². The fourth-order valence-electron chi connectivity index (χ4n) is 2.69. The molecule has 0 saturated carbocycles. The van der Waals surface area contributed by atoms with Gasteiger partial charge < -0.3 is 4.74 Å². The molecule has 0 bridgehead atoms. The van der Waals surface area contributed by atoms with E-state index in [1.54, 1.807) is 13.2 Å². The molecule has 0 aromatic heterocycles. The van der Waals surface area contributed by atoms with E-state index in [9.17, 15) is 4.79 Å². The molecule has 2 nitrogen and oxygen atoms in total. The number of hydrogen-bond donors (Lipinski definition) is 0. The number of carbonyl (C=O) groups is 1. The van der Waals surface area contributed by atoms with E-state index in [0.717, 1.165) is 24.8 Å². The third kappa shape index (κ3) is 6.07. The summed E-state index contributed by atoms with van der Waals surface area (Å²) in [6, 6.07) is 16.1. The number of halogens is 1. The Morgan fingerprint density at radius 3 is 2.17 bits per heavy atom. The molecule has 0 unspecified atom stereocenters. The molecule has 0 aliphatic rings. The Bertz CT molecular complexity index is 623. The minimum absolute atomic E-state index is 0.437. The van der Waals surface area contributed by atoms with E-state index in [4.69, 9.17) is 16.3 Å². The van der Waals surface area contributed by atoms with Gasteiger partial charge in [0.2, 0.25) is 0 Å². The predicted molar refractivity (Wildman–Crippen MR) is 95.5 cm³/mol. The highest BCUT2D eigenvalue weighted by Crippen LogP contribution is 2.20. The molecule has 23 heavy (non-hydrogen) atoms. The van der Waals surface area contributed by atoms with Crippen molar-refractivity contribution in [2.24, 2.45) is 0 Å². The molecule has 0 atom stereocenters. The quantitative estimate of drug-likeness (QED) is 0.453. The minimum Gasteiger partial charge on any atom is -0.497 e. The summed E-state index contributed by atoms with van der Waals surface area (Å²) in [5.41, 5.74) is 3.02. The van der Waals surface area contributed by atoms with Crippen molar-refractivity contribution in [1.29, 1.82) is 0 Å². The summed E-state index contributed by atoms with van der Waals surface area (Å²) in [4.78, 5) is 11.3. The first-order valence-electron chi connectivity index (χ1n) is 8.11. The lowest BCUT2D eigenvalue weighted by Gasteiger charge is -2.07. The maximum absolute atomic E-state index is 11.3. The Morgan fingerprint density at radius 2 is 1.57 bits per heavy atom. The van der Waals surface area contributed by atoms with Crippen LogP contribution in [0.25, 0.3) is 0 Å². The van der Waals surface area contributed by atoms with Gasteiger partial charge in [-0.2, -0.15) is 0 Å². The monoisotopic (exact) mass is 330 g/mol. The summed E-state index contributed by atoms with van der Waals surface area (Å²) < 4.78 is 5.23. The van der Waals surface area contributed by atoms with Crippen LogP contribution in [0, 0.1) is 0 Å². The van der Waals surface area contributed by atoms with Gasteiger partial charge in [-0.1, -0.05) is 43.2 Å². The largest absolute Gasteiger partial charge is 0.497 e. The highest BCUT2D eigenvalue weighted by atomic mass is 35.5. The number of unbranched alkanes of at least 4 members (excludes halogenated alkanes) is 3. The van der Waals surface area contributed by atoms with Crippen LogP contribution in [0.15, 0.2) is 48.5 Å². The molecule has 0 aliphatic heterocycles. The van der Waals surface area contributed by atoms with E-state index in [1.807, 2.05) is 12.1 Å². The molecule has 122 valence electrons. The molecule has 0 amide bonds. The number of aryl methyl sites for hydroxylation is 2. The molecule has 0 saturated heterocycles. The van der Waals surface area contributed by atoms with Gasteiger partial charge in [-0.15, -0.1) is 0 Å². The molecule has 0 radical (unpaired) electrons. The average Bonchev–Trinajstić information content (AvgIpc) is 2.58. The first-order valence-corrected chi connectivity index (χ1v) is 8.48. The van der Waals surface area contributed by atoms with Gasteiger partial charge in [0, 0.05) is 5.56 Å². The Morgan fingerprint density at radius 1 is 0.913 bits per heavy atom. The Balaban J connectivity index is 1.73. The van der Waals surface area contributed by atoms with E-state index in [-0.39, 0.29) is 0 Å². The Labute approximate surface area is 143 Å². The third-order valence-corrected chi connectivity index (χ3v) is 4.17. The predicted octanol–water partition coefficient (Wildman–Crippen LogP) is 5.42. The molecular formula is C20H23ClO2. The van der Waals surface area contributed by atoms with Gasteiger partial charge in [-0.3, -0.25) is 4.79 Å². The summed E-state index contributed by atoms with van der Waals surface area (Å²) >= 11 is 5.57. The van der Waals surface area contributed by atoms with Crippen molar-refractivity contribution >= 4 is 16.8 Å². The van der Waals surface area contributed by atoms with Crippen molar-refractivity contribution in [2.45, 2.75) is 38.5 Å². The smallest absolute Gasteiger partial charge is 0.252 e. The molecule has 0 N–H and O–H groups in total. The summed E-state index contributed by atoms with van der Waals surface area (Å²) in [7, 11) is 1.60. The van der Waals surface area contributed by atoms with E-state index < -0.39 is 5.24 Å². The van der Waals surface area contributed by atoms with Crippen LogP contribution in [-0.2, 0) is 12.8 Å². The fraction of sp³-hybridized carbons (Fsp3) is 0.350. The SMILES string of the molecule is COc1cc(CCCCCCc2ccccc2)cc(C(=O)Cl)c1. The third-order valence-electron chi connectivity index (χ3n) is 3.95. The van der Waals surface area contributed by atoms with Crippen LogP contribution in [0.3, 0.4) is 0 Å². The molecule has 0 aliphatic carbocycles. The van der Waals surface area contributed by atoms with E-state index in [2.05, 4.69) is 30.3 Å². The number of methoxy groups -OCH3 is 1. The normalized spacial score (nSPS) is 10.5. The van der Waals surface area contributed by atoms with Crippen LogP contribution in [0.4, 0.5) is 0 Å². The van der Waals surface area contributed by atoms with Crippen LogP contribution in [0.1, 0.15) is 47.2 Å². The molecule has 0 spiro atoms. The fourth-order valence-corrected chi connectivity index (χ4v) is 2.80. The van der Waals surface area contributed by atoms with Crippen LogP contribution >= 0.6 is 11.6 Å². The van der Waals surface area contributed by atoms with Gasteiger partial charge in [0.25, 0.3) is 5.24 Å². The molecule has 2 rings (SSSR count). The van der Waals surface area contributed by atoms with E-state index in [1.165, 1.54) is 24.8 Å². The summed E-state index contributed by atoms with van der Waals surface area (Å²) in [6.45, 7) is 0. The topological polar surface area (TPSA) is 26.3 Å². The lowest BCUT2D eigenvalue weighted by Crippen LogP contribution is -1.95. The molecule has 0 heterocycles. The number of hydrogen-bond acceptors (Lipinski definition) is 2. The van der Waals surface area contributed by atoms with Crippen LogP contribution in [0.2, 0.25) is 0 Å². The first-order chi connectivity index (χ1) is 11.2. The molecular weight excluding hydrogens is 308 g/mol. The Hall–Kier alpha value is -1.80. The van der Waals surface area contributed by atoms with Gasteiger partial charge in [-0.25, -0.2) is 0 Å². The molecule has 2 aromatic carbocycles. The van der Waals surface area contributed by atoms with Crippen molar-refractivity contribution in [3.05, 3.63) is 65.2 Å². The van der Waals surface area contributed by atoms with Crippen LogP contribution in [-0.4, -0.2) is 12.4 Å². The average molecular weight is 331 g/mol. The first kappa shape index (κ1) is 17.6. The second-order valence-corrected chi connectivity index (χ2v) is 6.09. The number of carbonyl (C=O) groups excluding carboxylic acids is 1. The van der Waals surface area contributed by atoms with Crippen molar-refractivity contribution in [1.82, 2.24) is 0 Å². The maximum Gasteiger partial charge on any atom is 0.252 e. The Kier molecular flexibility index (Phi) is 7.15. The zero-order valence-corrected chi connectivity index (χ0v) is 14.3. The molecule has 3 heteroatoms. The van der Waals surface area contributed by atoms with Crippen molar-refractivity contribution in [3.8, 4) is 5.75 Å². The second kappa shape index (κ2) is 9.36. The standard InChI is InChI=1S/C20H23ClO2/c1-23-19-14-17(13-18(15-19)20(21)22)12-6-3-2-5-9-16-10-7-4-8-11-16/h4,7-8,10-11,13-15H,2-3,5-6,9,12H2,1H3. The van der Waals surface area contributed by atoms with E-state index >= 15 is 0 Å². The van der Waals surface area contributed by atoms with E-state index in [0.29, 0.717) is 11.3 Å². The van der Waals surface area contributed by atoms with Gasteiger partial charge in [-0.05, 0) is 66.6 Å². The van der Waals surface area contributed by atoms with Crippen LogP contribution < -0.4 is 4.74 Å². The summed E-state index contributed by atoms with van der Waals surface area (Å²) in [5.74, 6) is 0.690. The van der Waals surface area contributed by atoms with Gasteiger partial charge in [0.1, 0.15) is 5.75 Å². The van der Waals surface area contributed by atoms with Crippen molar-refractivity contribution in [3.63, 3.8) is 0 Å². The number of ether oxygens (including phenoxy) is 1. The highest BCUT2D eigenvalue weighted by Gasteiger charge is 2.06. The van der Waals surface area contributed by atoms with Crippen molar-refractivity contribution in [2.75, 3.05) is 7.11 Å². The lowest BCUT2D eigenvalue weighted by atomic mass is 10.0. The second-order valence-electron chi connectivity index (χ2n) is 5.74. The molecule has 2 aromatic rings.